The third-order valence-corrected chi connectivity index (χ3v) is 4.21. The van der Waals surface area contributed by atoms with Gasteiger partial charge in [0, 0.05) is 5.56 Å². The summed E-state index contributed by atoms with van der Waals surface area (Å²) < 4.78 is 16.1. The molecular weight excluding hydrogens is 344 g/mol. The molecule has 0 aliphatic carbocycles. The second-order valence-electron chi connectivity index (χ2n) is 6.08. The summed E-state index contributed by atoms with van der Waals surface area (Å²) >= 11 is 0. The van der Waals surface area contributed by atoms with Crippen LogP contribution in [0.25, 0.3) is 6.08 Å². The molecule has 3 rings (SSSR count). The van der Waals surface area contributed by atoms with E-state index in [0.717, 1.165) is 5.56 Å². The van der Waals surface area contributed by atoms with E-state index in [1.54, 1.807) is 38.1 Å². The Bertz CT molecular complexity index is 925. The van der Waals surface area contributed by atoms with Crippen LogP contribution in [0.15, 0.2) is 60.4 Å². The summed E-state index contributed by atoms with van der Waals surface area (Å²) in [7, 11) is 1.31. The van der Waals surface area contributed by atoms with Crippen LogP contribution in [0, 0.1) is 6.92 Å². The number of rotatable bonds is 5. The molecule has 5 heteroatoms. The maximum absolute atomic E-state index is 12.5. The van der Waals surface area contributed by atoms with Crippen molar-refractivity contribution in [3.63, 3.8) is 0 Å². The Morgan fingerprint density at radius 1 is 1.15 bits per heavy atom. The summed E-state index contributed by atoms with van der Waals surface area (Å²) in [5.74, 6) is 0.518. The number of ether oxygens (including phenoxy) is 3. The van der Waals surface area contributed by atoms with E-state index >= 15 is 0 Å². The molecule has 27 heavy (non-hydrogen) atoms. The van der Waals surface area contributed by atoms with Crippen molar-refractivity contribution >= 4 is 17.8 Å². The zero-order valence-corrected chi connectivity index (χ0v) is 15.4. The van der Waals surface area contributed by atoms with Crippen molar-refractivity contribution in [1.82, 2.24) is 0 Å². The number of Topliss-reactive ketones (excluding diaryl/α,β-unsaturated/α-hetero) is 1. The van der Waals surface area contributed by atoms with Crippen molar-refractivity contribution in [3.05, 3.63) is 77.1 Å². The topological polar surface area (TPSA) is 61.8 Å². The van der Waals surface area contributed by atoms with Crippen LogP contribution in [0.5, 0.6) is 11.5 Å². The van der Waals surface area contributed by atoms with Gasteiger partial charge in [0.15, 0.2) is 11.9 Å². The Morgan fingerprint density at radius 2 is 1.89 bits per heavy atom. The van der Waals surface area contributed by atoms with Crippen LogP contribution in [0.1, 0.15) is 28.4 Å². The number of allylic oxidation sites excluding steroid dienone is 3. The first-order valence-corrected chi connectivity index (χ1v) is 8.55. The lowest BCUT2D eigenvalue weighted by Gasteiger charge is -2.15. The molecule has 0 N–H and O–H groups in total. The number of fused-ring (bicyclic) bond motifs is 1. The number of methoxy groups -OCH3 is 1. The normalized spacial score (nSPS) is 15.5. The van der Waals surface area contributed by atoms with Gasteiger partial charge in [0.1, 0.15) is 11.5 Å². The maximum atomic E-state index is 12.5. The van der Waals surface area contributed by atoms with Gasteiger partial charge in [-0.15, -0.1) is 0 Å². The molecule has 0 aromatic heterocycles. The molecule has 1 aliphatic heterocycles. The van der Waals surface area contributed by atoms with Gasteiger partial charge < -0.3 is 14.2 Å². The summed E-state index contributed by atoms with van der Waals surface area (Å²) in [5.41, 5.74) is 2.16. The molecule has 1 atom stereocenters. The first-order valence-electron chi connectivity index (χ1n) is 8.55. The summed E-state index contributed by atoms with van der Waals surface area (Å²) in [6.45, 7) is 3.39. The third-order valence-electron chi connectivity index (χ3n) is 4.21. The Hall–Kier alpha value is -3.34. The van der Waals surface area contributed by atoms with Crippen LogP contribution in [-0.2, 0) is 9.53 Å². The number of carbonyl (C=O) groups is 2. The standard InChI is InChI=1S/C22H20O5/c1-14-18(26-15(2)22(24)25-3)13-12-17-20(23)19(27-21(14)17)11-7-10-16-8-5-4-6-9-16/h4-13,15H,1-3H3/b10-7+,19-11-. The van der Waals surface area contributed by atoms with E-state index in [4.69, 9.17) is 9.47 Å². The van der Waals surface area contributed by atoms with E-state index in [0.29, 0.717) is 22.6 Å². The van der Waals surface area contributed by atoms with Gasteiger partial charge in [-0.1, -0.05) is 42.5 Å². The Labute approximate surface area is 157 Å². The van der Waals surface area contributed by atoms with Gasteiger partial charge in [0.2, 0.25) is 5.78 Å². The first kappa shape index (κ1) is 18.5. The van der Waals surface area contributed by atoms with Crippen molar-refractivity contribution in [3.8, 4) is 11.5 Å². The van der Waals surface area contributed by atoms with Gasteiger partial charge in [0.25, 0.3) is 0 Å². The summed E-state index contributed by atoms with van der Waals surface area (Å²) in [4.78, 5) is 24.1. The molecule has 1 heterocycles. The number of ketones is 1. The predicted octanol–water partition coefficient (Wildman–Crippen LogP) is 4.11. The fraction of sp³-hybridized carbons (Fsp3) is 0.182. The SMILES string of the molecule is COC(=O)C(C)Oc1ccc2c(c1C)O/C(=C\C=C\c1ccccc1)C2=O. The lowest BCUT2D eigenvalue weighted by Crippen LogP contribution is -2.25. The van der Waals surface area contributed by atoms with Gasteiger partial charge in [0.05, 0.1) is 12.7 Å². The second kappa shape index (κ2) is 7.91. The number of hydrogen-bond acceptors (Lipinski definition) is 5. The number of carbonyl (C=O) groups excluding carboxylic acids is 2. The molecule has 1 unspecified atom stereocenters. The van der Waals surface area contributed by atoms with E-state index in [1.165, 1.54) is 7.11 Å². The molecule has 0 amide bonds. The van der Waals surface area contributed by atoms with Gasteiger partial charge in [-0.2, -0.15) is 0 Å². The van der Waals surface area contributed by atoms with E-state index in [-0.39, 0.29) is 11.5 Å². The average molecular weight is 364 g/mol. The van der Waals surface area contributed by atoms with Gasteiger partial charge in [-0.05, 0) is 37.6 Å². The van der Waals surface area contributed by atoms with Crippen LogP contribution in [0.3, 0.4) is 0 Å². The molecule has 0 bridgehead atoms. The number of benzene rings is 2. The van der Waals surface area contributed by atoms with Gasteiger partial charge in [-0.3, -0.25) is 4.79 Å². The highest BCUT2D eigenvalue weighted by atomic mass is 16.6. The molecule has 0 fully saturated rings. The zero-order chi connectivity index (χ0) is 19.4. The third kappa shape index (κ3) is 3.92. The summed E-state index contributed by atoms with van der Waals surface area (Å²) in [6.07, 6.45) is 4.56. The molecule has 138 valence electrons. The highest BCUT2D eigenvalue weighted by Crippen LogP contribution is 2.39. The second-order valence-corrected chi connectivity index (χ2v) is 6.08. The minimum absolute atomic E-state index is 0.182. The summed E-state index contributed by atoms with van der Waals surface area (Å²) in [6, 6.07) is 13.1. The van der Waals surface area contributed by atoms with Gasteiger partial charge in [-0.25, -0.2) is 4.79 Å². The van der Waals surface area contributed by atoms with Crippen LogP contribution in [-0.4, -0.2) is 25.0 Å². The highest BCUT2D eigenvalue weighted by molar-refractivity contribution is 6.12. The largest absolute Gasteiger partial charge is 0.479 e. The van der Waals surface area contributed by atoms with Gasteiger partial charge >= 0.3 is 5.97 Å². The van der Waals surface area contributed by atoms with Crippen LogP contribution in [0.4, 0.5) is 0 Å². The van der Waals surface area contributed by atoms with Crippen molar-refractivity contribution < 1.29 is 23.8 Å². The summed E-state index contributed by atoms with van der Waals surface area (Å²) in [5, 5.41) is 0. The number of hydrogen-bond donors (Lipinski definition) is 0. The fourth-order valence-corrected chi connectivity index (χ4v) is 2.73. The van der Waals surface area contributed by atoms with Crippen molar-refractivity contribution in [2.45, 2.75) is 20.0 Å². The van der Waals surface area contributed by atoms with Crippen molar-refractivity contribution in [2.24, 2.45) is 0 Å². The monoisotopic (exact) mass is 364 g/mol. The molecule has 2 aromatic carbocycles. The molecular formula is C22H20O5. The Morgan fingerprint density at radius 3 is 2.59 bits per heavy atom. The first-order chi connectivity index (χ1) is 13.0. The molecule has 0 radical (unpaired) electrons. The molecule has 2 aromatic rings. The number of esters is 1. The van der Waals surface area contributed by atoms with E-state index in [1.807, 2.05) is 36.4 Å². The van der Waals surface area contributed by atoms with E-state index in [2.05, 4.69) is 4.74 Å². The van der Waals surface area contributed by atoms with Crippen LogP contribution in [0.2, 0.25) is 0 Å². The lowest BCUT2D eigenvalue weighted by molar-refractivity contribution is -0.147. The Balaban J connectivity index is 1.80. The minimum atomic E-state index is -0.757. The fourth-order valence-electron chi connectivity index (χ4n) is 2.73. The predicted molar refractivity (Wildman–Crippen MR) is 102 cm³/mol. The smallest absolute Gasteiger partial charge is 0.346 e. The highest BCUT2D eigenvalue weighted by Gasteiger charge is 2.30. The molecule has 5 nitrogen and oxygen atoms in total. The molecule has 0 saturated heterocycles. The molecule has 1 aliphatic rings. The maximum Gasteiger partial charge on any atom is 0.346 e. The lowest BCUT2D eigenvalue weighted by atomic mass is 10.1. The van der Waals surface area contributed by atoms with E-state index < -0.39 is 12.1 Å². The van der Waals surface area contributed by atoms with Crippen molar-refractivity contribution in [1.29, 1.82) is 0 Å². The Kier molecular flexibility index (Phi) is 5.41. The quantitative estimate of drug-likeness (QED) is 0.590. The molecule has 0 spiro atoms. The average Bonchev–Trinajstić information content (AvgIpc) is 3.01. The zero-order valence-electron chi connectivity index (χ0n) is 15.4. The molecule has 0 saturated carbocycles. The van der Waals surface area contributed by atoms with Crippen molar-refractivity contribution in [2.75, 3.05) is 7.11 Å². The van der Waals surface area contributed by atoms with Crippen LogP contribution >= 0.6 is 0 Å². The van der Waals surface area contributed by atoms with E-state index in [9.17, 15) is 9.59 Å². The van der Waals surface area contributed by atoms with Crippen LogP contribution < -0.4 is 9.47 Å². The minimum Gasteiger partial charge on any atom is -0.479 e.